The van der Waals surface area contributed by atoms with Crippen LogP contribution in [0.4, 0.5) is 0 Å². The smallest absolute Gasteiger partial charge is 0.279 e. The molecule has 0 aromatic heterocycles. The van der Waals surface area contributed by atoms with Crippen LogP contribution in [0.15, 0.2) is 0 Å². The minimum atomic E-state index is -3.41. The van der Waals surface area contributed by atoms with Crippen LogP contribution in [0.5, 0.6) is 0 Å². The highest BCUT2D eigenvalue weighted by atomic mass is 32.2. The quantitative estimate of drug-likeness (QED) is 0.543. The summed E-state index contributed by atoms with van der Waals surface area (Å²) in [7, 11) is -3.41. The molecule has 7 heteroatoms. The summed E-state index contributed by atoms with van der Waals surface area (Å²) in [5, 5.41) is 12.3. The average molecular weight is 237 g/mol. The van der Waals surface area contributed by atoms with Gasteiger partial charge in [0, 0.05) is 32.7 Å². The van der Waals surface area contributed by atoms with Crippen LogP contribution < -0.4 is 10.0 Å². The van der Waals surface area contributed by atoms with E-state index in [-0.39, 0.29) is 6.54 Å². The zero-order chi connectivity index (χ0) is 11.3. The monoisotopic (exact) mass is 237 g/mol. The van der Waals surface area contributed by atoms with Crippen LogP contribution in [0.2, 0.25) is 0 Å². The van der Waals surface area contributed by atoms with Gasteiger partial charge in [0.25, 0.3) is 10.2 Å². The Hall–Kier alpha value is -0.210. The zero-order valence-electron chi connectivity index (χ0n) is 8.94. The van der Waals surface area contributed by atoms with E-state index in [0.717, 1.165) is 0 Å². The molecule has 1 unspecified atom stereocenters. The Labute approximate surface area is 90.8 Å². The molecule has 3 N–H and O–H groups in total. The zero-order valence-corrected chi connectivity index (χ0v) is 9.76. The summed E-state index contributed by atoms with van der Waals surface area (Å²) in [5.41, 5.74) is 0. The number of hydrogen-bond donors (Lipinski definition) is 3. The molecule has 90 valence electrons. The van der Waals surface area contributed by atoms with Crippen molar-refractivity contribution in [2.24, 2.45) is 0 Å². The van der Waals surface area contributed by atoms with E-state index < -0.39 is 16.3 Å². The lowest BCUT2D eigenvalue weighted by Crippen LogP contribution is -2.51. The Balaban J connectivity index is 2.43. The largest absolute Gasteiger partial charge is 0.392 e. The van der Waals surface area contributed by atoms with Gasteiger partial charge < -0.3 is 10.4 Å². The Morgan fingerprint density at radius 2 is 2.07 bits per heavy atom. The first-order chi connectivity index (χ1) is 7.06. The second kappa shape index (κ2) is 5.76. The molecule has 0 aromatic carbocycles. The third-order valence-corrected chi connectivity index (χ3v) is 3.96. The number of nitrogens with one attached hydrogen (secondary N) is 2. The van der Waals surface area contributed by atoms with Crippen molar-refractivity contribution < 1.29 is 13.5 Å². The number of piperazine rings is 1. The highest BCUT2D eigenvalue weighted by molar-refractivity contribution is 7.87. The molecule has 0 aromatic rings. The van der Waals surface area contributed by atoms with Crippen molar-refractivity contribution in [1.29, 1.82) is 0 Å². The SMILES string of the molecule is CCC(O)CNS(=O)(=O)N1CCNCC1. The lowest BCUT2D eigenvalue weighted by atomic mass is 10.3. The summed E-state index contributed by atoms with van der Waals surface area (Å²) in [6.45, 7) is 4.22. The Morgan fingerprint density at radius 3 is 2.60 bits per heavy atom. The molecule has 0 radical (unpaired) electrons. The van der Waals surface area contributed by atoms with Crippen LogP contribution in [0.25, 0.3) is 0 Å². The lowest BCUT2D eigenvalue weighted by Gasteiger charge is -2.27. The van der Waals surface area contributed by atoms with Gasteiger partial charge in [-0.05, 0) is 6.42 Å². The molecule has 0 spiro atoms. The lowest BCUT2D eigenvalue weighted by molar-refractivity contribution is 0.173. The molecule has 0 saturated carbocycles. The van der Waals surface area contributed by atoms with Gasteiger partial charge in [-0.2, -0.15) is 17.4 Å². The maximum atomic E-state index is 11.7. The number of hydrogen-bond acceptors (Lipinski definition) is 4. The molecule has 15 heavy (non-hydrogen) atoms. The number of rotatable bonds is 5. The van der Waals surface area contributed by atoms with Crippen molar-refractivity contribution in [3.63, 3.8) is 0 Å². The first-order valence-electron chi connectivity index (χ1n) is 5.19. The molecule has 6 nitrogen and oxygen atoms in total. The molecule has 1 fully saturated rings. The van der Waals surface area contributed by atoms with Crippen molar-refractivity contribution in [3.8, 4) is 0 Å². The van der Waals surface area contributed by atoms with Crippen molar-refractivity contribution in [2.75, 3.05) is 32.7 Å². The van der Waals surface area contributed by atoms with Gasteiger partial charge in [-0.3, -0.25) is 0 Å². The Bertz CT molecular complexity index is 275. The number of nitrogens with zero attached hydrogens (tertiary/aromatic N) is 1. The molecule has 0 aliphatic carbocycles. The third kappa shape index (κ3) is 4.04. The van der Waals surface area contributed by atoms with Crippen molar-refractivity contribution in [3.05, 3.63) is 0 Å². The van der Waals surface area contributed by atoms with Gasteiger partial charge in [-0.25, -0.2) is 0 Å². The van der Waals surface area contributed by atoms with E-state index in [1.54, 1.807) is 0 Å². The predicted molar refractivity (Wildman–Crippen MR) is 57.7 cm³/mol. The molecular formula is C8H19N3O3S. The summed E-state index contributed by atoms with van der Waals surface area (Å²) >= 11 is 0. The van der Waals surface area contributed by atoms with Gasteiger partial charge >= 0.3 is 0 Å². The summed E-state index contributed by atoms with van der Waals surface area (Å²) in [4.78, 5) is 0. The first-order valence-corrected chi connectivity index (χ1v) is 6.64. The van der Waals surface area contributed by atoms with Gasteiger partial charge in [0.05, 0.1) is 6.10 Å². The highest BCUT2D eigenvalue weighted by Gasteiger charge is 2.23. The van der Waals surface area contributed by atoms with Crippen LogP contribution in [-0.2, 0) is 10.2 Å². The molecule has 1 saturated heterocycles. The van der Waals surface area contributed by atoms with Crippen LogP contribution in [0.3, 0.4) is 0 Å². The fourth-order valence-corrected chi connectivity index (χ4v) is 2.57. The van der Waals surface area contributed by atoms with Crippen molar-refractivity contribution >= 4 is 10.2 Å². The Kier molecular flexibility index (Phi) is 4.94. The molecular weight excluding hydrogens is 218 g/mol. The van der Waals surface area contributed by atoms with Crippen LogP contribution >= 0.6 is 0 Å². The molecule has 1 rings (SSSR count). The third-order valence-electron chi connectivity index (χ3n) is 2.39. The Morgan fingerprint density at radius 1 is 1.47 bits per heavy atom. The maximum Gasteiger partial charge on any atom is 0.279 e. The van der Waals surface area contributed by atoms with Gasteiger partial charge in [-0.1, -0.05) is 6.92 Å². The topological polar surface area (TPSA) is 81.7 Å². The molecule has 1 aliphatic rings. The van der Waals surface area contributed by atoms with Crippen molar-refractivity contribution in [1.82, 2.24) is 14.3 Å². The molecule has 1 atom stereocenters. The van der Waals surface area contributed by atoms with Gasteiger partial charge in [0.1, 0.15) is 0 Å². The summed E-state index contributed by atoms with van der Waals surface area (Å²) in [6, 6.07) is 0. The molecule has 1 heterocycles. The van der Waals surface area contributed by atoms with E-state index in [0.29, 0.717) is 32.6 Å². The van der Waals surface area contributed by atoms with Crippen molar-refractivity contribution in [2.45, 2.75) is 19.4 Å². The first kappa shape index (κ1) is 12.9. The highest BCUT2D eigenvalue weighted by Crippen LogP contribution is 2.00. The molecule has 0 amide bonds. The standard InChI is InChI=1S/C8H19N3O3S/c1-2-8(12)7-10-15(13,14)11-5-3-9-4-6-11/h8-10,12H,2-7H2,1H3. The fraction of sp³-hybridized carbons (Fsp3) is 1.00. The van der Waals surface area contributed by atoms with E-state index in [9.17, 15) is 13.5 Å². The minimum Gasteiger partial charge on any atom is -0.392 e. The minimum absolute atomic E-state index is 0.0861. The van der Waals surface area contributed by atoms with Crippen LogP contribution in [0.1, 0.15) is 13.3 Å². The van der Waals surface area contributed by atoms with E-state index in [4.69, 9.17) is 0 Å². The normalized spacial score (nSPS) is 21.5. The summed E-state index contributed by atoms with van der Waals surface area (Å²) in [6.07, 6.45) is -0.0629. The second-order valence-electron chi connectivity index (χ2n) is 3.56. The van der Waals surface area contributed by atoms with Crippen LogP contribution in [-0.4, -0.2) is 56.7 Å². The van der Waals surface area contributed by atoms with Gasteiger partial charge in [0.15, 0.2) is 0 Å². The van der Waals surface area contributed by atoms with Gasteiger partial charge in [0.2, 0.25) is 0 Å². The fourth-order valence-electron chi connectivity index (χ4n) is 1.32. The molecule has 1 aliphatic heterocycles. The molecule has 0 bridgehead atoms. The second-order valence-corrected chi connectivity index (χ2v) is 5.32. The van der Waals surface area contributed by atoms with E-state index in [2.05, 4.69) is 10.0 Å². The maximum absolute atomic E-state index is 11.7. The summed E-state index contributed by atoms with van der Waals surface area (Å²) < 4.78 is 27.2. The van der Waals surface area contributed by atoms with E-state index in [1.165, 1.54) is 4.31 Å². The van der Waals surface area contributed by atoms with Crippen LogP contribution in [0, 0.1) is 0 Å². The predicted octanol–water partition coefficient (Wildman–Crippen LogP) is -1.50. The summed E-state index contributed by atoms with van der Waals surface area (Å²) in [5.74, 6) is 0. The average Bonchev–Trinajstić information content (AvgIpc) is 2.27. The van der Waals surface area contributed by atoms with E-state index >= 15 is 0 Å². The van der Waals surface area contributed by atoms with Gasteiger partial charge in [-0.15, -0.1) is 0 Å². The van der Waals surface area contributed by atoms with E-state index in [1.807, 2.05) is 6.92 Å². The number of aliphatic hydroxyl groups is 1. The number of aliphatic hydroxyl groups excluding tert-OH is 1.